The van der Waals surface area contributed by atoms with Crippen LogP contribution in [0.2, 0.25) is 0 Å². The highest BCUT2D eigenvalue weighted by atomic mass is 19.1. The van der Waals surface area contributed by atoms with Crippen LogP contribution in [-0.4, -0.2) is 10.8 Å². The van der Waals surface area contributed by atoms with Crippen LogP contribution < -0.4 is 0 Å². The molecule has 2 nitrogen and oxygen atoms in total. The molecule has 1 heterocycles. The molecule has 120 valence electrons. The Morgan fingerprint density at radius 2 is 1.96 bits per heavy atom. The summed E-state index contributed by atoms with van der Waals surface area (Å²) in [7, 11) is 0. The van der Waals surface area contributed by atoms with Crippen molar-refractivity contribution in [2.75, 3.05) is 0 Å². The summed E-state index contributed by atoms with van der Waals surface area (Å²) in [5, 5.41) is 0. The molecule has 4 saturated carbocycles. The Hall–Kier alpha value is -1.38. The van der Waals surface area contributed by atoms with Gasteiger partial charge < -0.3 is 4.90 Å². The van der Waals surface area contributed by atoms with Crippen LogP contribution in [0.1, 0.15) is 49.7 Å². The van der Waals surface area contributed by atoms with Gasteiger partial charge in [-0.15, -0.1) is 0 Å². The van der Waals surface area contributed by atoms with Crippen molar-refractivity contribution in [2.45, 2.75) is 51.6 Å². The number of carbonyl (C=O) groups is 1. The molecular formula is C20H22FNO. The molecular weight excluding hydrogens is 289 g/mol. The monoisotopic (exact) mass is 311 g/mol. The number of benzene rings is 1. The smallest absolute Gasteiger partial charge is 0.229 e. The molecule has 5 unspecified atom stereocenters. The summed E-state index contributed by atoms with van der Waals surface area (Å²) < 4.78 is 13.5. The zero-order valence-electron chi connectivity index (χ0n) is 13.4. The van der Waals surface area contributed by atoms with Crippen molar-refractivity contribution >= 4 is 5.91 Å². The van der Waals surface area contributed by atoms with Gasteiger partial charge in [0.05, 0.1) is 5.41 Å². The third-order valence-electron chi connectivity index (χ3n) is 8.10. The van der Waals surface area contributed by atoms with Crippen molar-refractivity contribution in [3.05, 3.63) is 35.1 Å². The van der Waals surface area contributed by atoms with E-state index in [1.165, 1.54) is 25.3 Å². The molecule has 23 heavy (non-hydrogen) atoms. The Kier molecular flexibility index (Phi) is 2.15. The van der Waals surface area contributed by atoms with Crippen LogP contribution >= 0.6 is 0 Å². The van der Waals surface area contributed by atoms with Crippen molar-refractivity contribution in [1.29, 1.82) is 0 Å². The van der Waals surface area contributed by atoms with Crippen LogP contribution in [0.3, 0.4) is 0 Å². The SMILES string of the molecule is O=C(N1Cc2ccc(F)cc2C1)C12CC3CC4CC(C1)C4(C3)C2. The molecule has 3 bridgehead atoms. The first-order valence-corrected chi connectivity index (χ1v) is 9.15. The van der Waals surface area contributed by atoms with E-state index in [4.69, 9.17) is 0 Å². The molecule has 1 spiro atoms. The molecule has 0 saturated heterocycles. The van der Waals surface area contributed by atoms with Crippen LogP contribution in [0.25, 0.3) is 0 Å². The summed E-state index contributed by atoms with van der Waals surface area (Å²) in [6.07, 6.45) is 7.60. The molecule has 6 rings (SSSR count). The van der Waals surface area contributed by atoms with E-state index in [0.29, 0.717) is 24.4 Å². The first kappa shape index (κ1) is 13.0. The lowest BCUT2D eigenvalue weighted by Crippen LogP contribution is -2.44. The number of rotatable bonds is 1. The van der Waals surface area contributed by atoms with Gasteiger partial charge in [-0.2, -0.15) is 0 Å². The highest BCUT2D eigenvalue weighted by molar-refractivity contribution is 5.84. The third-order valence-corrected chi connectivity index (χ3v) is 8.10. The molecule has 1 aliphatic heterocycles. The fraction of sp³-hybridized carbons (Fsp3) is 0.650. The summed E-state index contributed by atoms with van der Waals surface area (Å²) in [6, 6.07) is 4.98. The first-order valence-electron chi connectivity index (χ1n) is 9.15. The van der Waals surface area contributed by atoms with Crippen LogP contribution in [0.4, 0.5) is 4.39 Å². The molecule has 1 aromatic rings. The second-order valence-corrected chi connectivity index (χ2v) is 9.11. The number of amides is 1. The summed E-state index contributed by atoms with van der Waals surface area (Å²) in [5.74, 6) is 2.75. The molecule has 0 radical (unpaired) electrons. The number of fused-ring (bicyclic) bond motifs is 3. The Morgan fingerprint density at radius 1 is 1.09 bits per heavy atom. The van der Waals surface area contributed by atoms with Gasteiger partial charge in [-0.1, -0.05) is 6.07 Å². The predicted octanol–water partition coefficient (Wildman–Crippen LogP) is 3.88. The van der Waals surface area contributed by atoms with Gasteiger partial charge in [-0.25, -0.2) is 4.39 Å². The Morgan fingerprint density at radius 3 is 2.87 bits per heavy atom. The van der Waals surface area contributed by atoms with Crippen LogP contribution in [0.15, 0.2) is 18.2 Å². The fourth-order valence-corrected chi connectivity index (χ4v) is 7.45. The molecule has 1 aromatic carbocycles. The summed E-state index contributed by atoms with van der Waals surface area (Å²) in [4.78, 5) is 15.5. The highest BCUT2D eigenvalue weighted by Crippen LogP contribution is 2.79. The van der Waals surface area contributed by atoms with E-state index in [1.807, 2.05) is 11.0 Å². The van der Waals surface area contributed by atoms with Gasteiger partial charge in [0.2, 0.25) is 5.91 Å². The molecule has 5 aliphatic rings. The maximum atomic E-state index is 13.5. The van der Waals surface area contributed by atoms with Crippen molar-refractivity contribution in [3.63, 3.8) is 0 Å². The fourth-order valence-electron chi connectivity index (χ4n) is 7.45. The first-order chi connectivity index (χ1) is 11.1. The van der Waals surface area contributed by atoms with Crippen molar-refractivity contribution in [3.8, 4) is 0 Å². The highest BCUT2D eigenvalue weighted by Gasteiger charge is 2.72. The molecule has 1 amide bonds. The third kappa shape index (κ3) is 1.43. The minimum absolute atomic E-state index is 0.0700. The number of halogens is 1. The van der Waals surface area contributed by atoms with Crippen LogP contribution in [0, 0.1) is 34.4 Å². The molecule has 5 atom stereocenters. The van der Waals surface area contributed by atoms with E-state index in [0.717, 1.165) is 48.1 Å². The van der Waals surface area contributed by atoms with Gasteiger partial charge in [0.1, 0.15) is 5.82 Å². The Bertz CT molecular complexity index is 741. The maximum absolute atomic E-state index is 13.5. The second kappa shape index (κ2) is 3.81. The van der Waals surface area contributed by atoms with E-state index in [-0.39, 0.29) is 11.2 Å². The van der Waals surface area contributed by atoms with Gasteiger partial charge in [0.15, 0.2) is 0 Å². The normalized spacial score (nSPS) is 45.1. The number of nitrogens with zero attached hydrogens (tertiary/aromatic N) is 1. The average Bonchev–Trinajstić information content (AvgIpc) is 3.08. The minimum atomic E-state index is -0.187. The van der Waals surface area contributed by atoms with Gasteiger partial charge in [-0.3, -0.25) is 4.79 Å². The lowest BCUT2D eigenvalue weighted by Gasteiger charge is -2.49. The van der Waals surface area contributed by atoms with E-state index < -0.39 is 0 Å². The lowest BCUT2D eigenvalue weighted by molar-refractivity contribution is -0.145. The predicted molar refractivity (Wildman–Crippen MR) is 83.7 cm³/mol. The van der Waals surface area contributed by atoms with Crippen molar-refractivity contribution < 1.29 is 9.18 Å². The zero-order chi connectivity index (χ0) is 15.4. The quantitative estimate of drug-likeness (QED) is 0.770. The van der Waals surface area contributed by atoms with E-state index in [2.05, 4.69) is 0 Å². The lowest BCUT2D eigenvalue weighted by atomic mass is 9.55. The van der Waals surface area contributed by atoms with E-state index >= 15 is 0 Å². The Balaban J connectivity index is 1.32. The number of hydrogen-bond acceptors (Lipinski definition) is 1. The van der Waals surface area contributed by atoms with E-state index in [1.54, 1.807) is 6.07 Å². The van der Waals surface area contributed by atoms with E-state index in [9.17, 15) is 9.18 Å². The maximum Gasteiger partial charge on any atom is 0.229 e. The topological polar surface area (TPSA) is 20.3 Å². The summed E-state index contributed by atoms with van der Waals surface area (Å²) in [5.41, 5.74) is 2.62. The number of hydrogen-bond donors (Lipinski definition) is 0. The van der Waals surface area contributed by atoms with Crippen LogP contribution in [-0.2, 0) is 17.9 Å². The number of carbonyl (C=O) groups excluding carboxylic acids is 1. The average molecular weight is 311 g/mol. The molecule has 4 aliphatic carbocycles. The van der Waals surface area contributed by atoms with Crippen LogP contribution in [0.5, 0.6) is 0 Å². The molecule has 4 fully saturated rings. The standard InChI is InChI=1S/C20H22FNO/c21-17-2-1-13-9-22(10-14(13)4-17)18(23)19-6-12-3-15-5-16(8-19)20(15,7-12)11-19/h1-2,4,12,15-16H,3,5-11H2. The molecule has 3 heteroatoms. The van der Waals surface area contributed by atoms with Crippen molar-refractivity contribution in [1.82, 2.24) is 4.90 Å². The minimum Gasteiger partial charge on any atom is -0.334 e. The largest absolute Gasteiger partial charge is 0.334 e. The van der Waals surface area contributed by atoms with Gasteiger partial charge in [0, 0.05) is 13.1 Å². The summed E-state index contributed by atoms with van der Waals surface area (Å²) in [6.45, 7) is 1.29. The Labute approximate surface area is 136 Å². The molecule has 0 aromatic heterocycles. The van der Waals surface area contributed by atoms with Gasteiger partial charge >= 0.3 is 0 Å². The van der Waals surface area contributed by atoms with Gasteiger partial charge in [0.25, 0.3) is 0 Å². The summed E-state index contributed by atoms with van der Waals surface area (Å²) >= 11 is 0. The molecule has 0 N–H and O–H groups in total. The van der Waals surface area contributed by atoms with Crippen molar-refractivity contribution in [2.24, 2.45) is 28.6 Å². The zero-order valence-corrected chi connectivity index (χ0v) is 13.4. The van der Waals surface area contributed by atoms with Gasteiger partial charge in [-0.05, 0) is 85.0 Å². The second-order valence-electron chi connectivity index (χ2n) is 9.11.